The van der Waals surface area contributed by atoms with E-state index in [9.17, 15) is 18.4 Å². The average molecular weight is 411 g/mol. The van der Waals surface area contributed by atoms with Gasteiger partial charge in [0.1, 0.15) is 17.1 Å². The first-order valence-corrected chi connectivity index (χ1v) is 9.15. The number of halogens is 3. The van der Waals surface area contributed by atoms with Gasteiger partial charge in [-0.2, -0.15) is 29.0 Å². The molecule has 144 valence electrons. The van der Waals surface area contributed by atoms with Crippen molar-refractivity contribution in [2.75, 3.05) is 0 Å². The third-order valence-electron chi connectivity index (χ3n) is 4.59. The molecule has 3 rings (SSSR count). The summed E-state index contributed by atoms with van der Waals surface area (Å²) in [7, 11) is 0. The molecule has 0 aliphatic carbocycles. The first-order valence-electron chi connectivity index (χ1n) is 8.27. The van der Waals surface area contributed by atoms with Crippen molar-refractivity contribution in [3.63, 3.8) is 0 Å². The van der Waals surface area contributed by atoms with Gasteiger partial charge in [0, 0.05) is 22.3 Å². The zero-order valence-electron chi connectivity index (χ0n) is 15.3. The van der Waals surface area contributed by atoms with Crippen molar-refractivity contribution in [1.82, 2.24) is 9.55 Å². The van der Waals surface area contributed by atoms with Crippen LogP contribution in [-0.2, 0) is 12.7 Å². The zero-order valence-corrected chi connectivity index (χ0v) is 16.1. The molecule has 0 fully saturated rings. The van der Waals surface area contributed by atoms with Crippen LogP contribution in [0, 0.1) is 47.8 Å². The normalized spacial score (nSPS) is 11.0. The Morgan fingerprint density at radius 1 is 1.07 bits per heavy atom. The molecule has 0 radical (unpaired) electrons. The van der Waals surface area contributed by atoms with E-state index in [2.05, 4.69) is 11.1 Å². The van der Waals surface area contributed by atoms with Crippen LogP contribution in [0.25, 0.3) is 11.1 Å². The van der Waals surface area contributed by atoms with E-state index in [1.54, 1.807) is 29.9 Å². The molecule has 0 N–H and O–H groups in total. The summed E-state index contributed by atoms with van der Waals surface area (Å²) < 4.78 is 41.9. The lowest BCUT2D eigenvalue weighted by molar-refractivity contribution is -0.137. The third kappa shape index (κ3) is 3.59. The Kier molecular flexibility index (Phi) is 5.16. The van der Waals surface area contributed by atoms with Crippen molar-refractivity contribution in [2.24, 2.45) is 0 Å². The SMILES string of the molecule is Cc1c(C#N)c(-c2ccc(C#N)c(C(F)(F)F)c2)c(C)n1Cc1nc(C#N)cs1. The summed E-state index contributed by atoms with van der Waals surface area (Å²) in [5.41, 5.74) is 0.830. The summed E-state index contributed by atoms with van der Waals surface area (Å²) in [5.74, 6) is 0. The summed E-state index contributed by atoms with van der Waals surface area (Å²) in [6.07, 6.45) is -4.69. The second-order valence-electron chi connectivity index (χ2n) is 6.23. The number of alkyl halides is 3. The van der Waals surface area contributed by atoms with Gasteiger partial charge in [-0.1, -0.05) is 6.07 Å². The van der Waals surface area contributed by atoms with Crippen molar-refractivity contribution in [3.8, 4) is 29.3 Å². The Morgan fingerprint density at radius 3 is 2.34 bits per heavy atom. The number of hydrogen-bond acceptors (Lipinski definition) is 5. The fourth-order valence-electron chi connectivity index (χ4n) is 3.21. The molecular formula is C20H12F3N5S. The highest BCUT2D eigenvalue weighted by atomic mass is 32.1. The summed E-state index contributed by atoms with van der Waals surface area (Å²) in [6.45, 7) is 3.72. The molecule has 2 heterocycles. The van der Waals surface area contributed by atoms with Gasteiger partial charge in [0.05, 0.1) is 29.3 Å². The maximum absolute atomic E-state index is 13.4. The molecule has 9 heteroatoms. The summed E-state index contributed by atoms with van der Waals surface area (Å²) in [4.78, 5) is 4.18. The molecule has 0 aliphatic heterocycles. The highest BCUT2D eigenvalue weighted by Crippen LogP contribution is 2.38. The fourth-order valence-corrected chi connectivity index (χ4v) is 3.92. The van der Waals surface area contributed by atoms with Crippen molar-refractivity contribution in [2.45, 2.75) is 26.6 Å². The smallest absolute Gasteiger partial charge is 0.340 e. The molecule has 0 bridgehead atoms. The van der Waals surface area contributed by atoms with Gasteiger partial charge < -0.3 is 4.57 Å². The van der Waals surface area contributed by atoms with E-state index >= 15 is 0 Å². The summed E-state index contributed by atoms with van der Waals surface area (Å²) in [6, 6.07) is 9.02. The average Bonchev–Trinajstić information content (AvgIpc) is 3.24. The van der Waals surface area contributed by atoms with Crippen LogP contribution in [0.1, 0.15) is 38.8 Å². The van der Waals surface area contributed by atoms with Crippen molar-refractivity contribution >= 4 is 11.3 Å². The Labute approximate surface area is 168 Å². The van der Waals surface area contributed by atoms with Crippen LogP contribution in [0.3, 0.4) is 0 Å². The van der Waals surface area contributed by atoms with Crippen LogP contribution in [0.15, 0.2) is 23.6 Å². The van der Waals surface area contributed by atoms with Crippen LogP contribution in [-0.4, -0.2) is 9.55 Å². The van der Waals surface area contributed by atoms with Crippen LogP contribution >= 0.6 is 11.3 Å². The van der Waals surface area contributed by atoms with E-state index < -0.39 is 17.3 Å². The van der Waals surface area contributed by atoms with Crippen molar-refractivity contribution in [3.05, 3.63) is 62.4 Å². The Morgan fingerprint density at radius 2 is 1.79 bits per heavy atom. The second-order valence-corrected chi connectivity index (χ2v) is 7.17. The zero-order chi connectivity index (χ0) is 21.3. The van der Waals surface area contributed by atoms with Crippen LogP contribution < -0.4 is 0 Å². The highest BCUT2D eigenvalue weighted by molar-refractivity contribution is 7.09. The van der Waals surface area contributed by atoms with E-state index in [0.29, 0.717) is 28.5 Å². The Balaban J connectivity index is 2.18. The molecular weight excluding hydrogens is 399 g/mol. The fraction of sp³-hybridized carbons (Fsp3) is 0.200. The van der Waals surface area contributed by atoms with E-state index in [0.717, 1.165) is 12.1 Å². The highest BCUT2D eigenvalue weighted by Gasteiger charge is 2.34. The molecule has 0 amide bonds. The van der Waals surface area contributed by atoms with Gasteiger partial charge in [-0.15, -0.1) is 11.3 Å². The summed E-state index contributed by atoms with van der Waals surface area (Å²) in [5, 5.41) is 29.8. The van der Waals surface area contributed by atoms with E-state index in [-0.39, 0.29) is 16.8 Å². The van der Waals surface area contributed by atoms with E-state index in [1.165, 1.54) is 17.4 Å². The molecule has 3 aromatic rings. The van der Waals surface area contributed by atoms with Gasteiger partial charge in [0.2, 0.25) is 0 Å². The van der Waals surface area contributed by atoms with Crippen LogP contribution in [0.2, 0.25) is 0 Å². The number of aromatic nitrogens is 2. The van der Waals surface area contributed by atoms with E-state index in [1.807, 2.05) is 6.07 Å². The topological polar surface area (TPSA) is 89.2 Å². The van der Waals surface area contributed by atoms with Gasteiger partial charge in [0.25, 0.3) is 0 Å². The minimum absolute atomic E-state index is 0.212. The van der Waals surface area contributed by atoms with Crippen LogP contribution in [0.5, 0.6) is 0 Å². The molecule has 1 aromatic carbocycles. The second kappa shape index (κ2) is 7.43. The molecule has 0 spiro atoms. The van der Waals surface area contributed by atoms with Gasteiger partial charge in [-0.25, -0.2) is 4.98 Å². The maximum atomic E-state index is 13.4. The quantitative estimate of drug-likeness (QED) is 0.612. The Hall–Kier alpha value is -3.61. The maximum Gasteiger partial charge on any atom is 0.417 e. The molecule has 0 unspecified atom stereocenters. The lowest BCUT2D eigenvalue weighted by atomic mass is 9.96. The monoisotopic (exact) mass is 411 g/mol. The van der Waals surface area contributed by atoms with Gasteiger partial charge in [-0.3, -0.25) is 0 Å². The molecule has 0 saturated heterocycles. The predicted octanol–water partition coefficient (Wildman–Crippen LogP) is 4.91. The first kappa shape index (κ1) is 20.1. The molecule has 0 saturated carbocycles. The number of rotatable bonds is 3. The minimum atomic E-state index is -4.69. The van der Waals surface area contributed by atoms with Crippen molar-refractivity contribution < 1.29 is 13.2 Å². The van der Waals surface area contributed by atoms with Crippen molar-refractivity contribution in [1.29, 1.82) is 15.8 Å². The minimum Gasteiger partial charge on any atom is -0.340 e. The molecule has 0 aliphatic rings. The third-order valence-corrected chi connectivity index (χ3v) is 5.42. The lowest BCUT2D eigenvalue weighted by Crippen LogP contribution is -2.08. The largest absolute Gasteiger partial charge is 0.417 e. The first-order chi connectivity index (χ1) is 13.7. The van der Waals surface area contributed by atoms with Gasteiger partial charge in [0.15, 0.2) is 5.69 Å². The van der Waals surface area contributed by atoms with Crippen LogP contribution in [0.4, 0.5) is 13.2 Å². The molecule has 29 heavy (non-hydrogen) atoms. The number of thiazole rings is 1. The lowest BCUT2D eigenvalue weighted by Gasteiger charge is -2.12. The van der Waals surface area contributed by atoms with E-state index in [4.69, 9.17) is 10.5 Å². The number of benzene rings is 1. The number of hydrogen-bond donors (Lipinski definition) is 0. The standard InChI is InChI=1S/C20H12F3N5S/c1-11-16(8-26)19(12(2)28(11)9-18-27-15(7-25)10-29-18)13-3-4-14(6-24)17(5-13)20(21,22)23/h3-5,10H,9H2,1-2H3. The molecule has 5 nitrogen and oxygen atoms in total. The molecule has 2 aromatic heterocycles. The summed E-state index contributed by atoms with van der Waals surface area (Å²) >= 11 is 1.29. The number of nitrogens with zero attached hydrogens (tertiary/aromatic N) is 5. The van der Waals surface area contributed by atoms with Gasteiger partial charge in [-0.05, 0) is 31.5 Å². The predicted molar refractivity (Wildman–Crippen MR) is 99.7 cm³/mol. The molecule has 0 atom stereocenters. The van der Waals surface area contributed by atoms with Gasteiger partial charge >= 0.3 is 6.18 Å². The Bertz CT molecular complexity index is 1230. The number of nitriles is 3.